The van der Waals surface area contributed by atoms with E-state index in [2.05, 4.69) is 5.32 Å². The predicted octanol–water partition coefficient (Wildman–Crippen LogP) is 2.04. The monoisotopic (exact) mass is 284 g/mol. The van der Waals surface area contributed by atoms with Crippen molar-refractivity contribution >= 4 is 28.1 Å². The van der Waals surface area contributed by atoms with Crippen LogP contribution < -0.4 is 11.1 Å². The summed E-state index contributed by atoms with van der Waals surface area (Å²) in [5, 5.41) is 2.53. The molecule has 3 N–H and O–H groups in total. The molecule has 6 heteroatoms. The van der Waals surface area contributed by atoms with Crippen LogP contribution in [0.5, 0.6) is 0 Å². The number of hydrogen-bond donors (Lipinski definition) is 2. The lowest BCUT2D eigenvalue weighted by Crippen LogP contribution is -2.25. The van der Waals surface area contributed by atoms with Gasteiger partial charge in [0.1, 0.15) is 11.6 Å². The number of nitrogens with two attached hydrogens (primary N) is 1. The van der Waals surface area contributed by atoms with Crippen LogP contribution in [0.2, 0.25) is 0 Å². The molecule has 1 saturated carbocycles. The Bertz CT molecular complexity index is 501. The summed E-state index contributed by atoms with van der Waals surface area (Å²) < 4.78 is 25.4. The zero-order valence-corrected chi connectivity index (χ0v) is 11.3. The maximum absolute atomic E-state index is 13.4. The second kappa shape index (κ2) is 6.14. The molecule has 104 valence electrons. The molecular formula is C13H17FN2O2S. The Labute approximate surface area is 114 Å². The molecule has 0 bridgehead atoms. The second-order valence-electron chi connectivity index (χ2n) is 4.72. The molecule has 0 aliphatic heterocycles. The quantitative estimate of drug-likeness (QED) is 0.831. The highest BCUT2D eigenvalue weighted by molar-refractivity contribution is 7.86. The summed E-state index contributed by atoms with van der Waals surface area (Å²) in [6.45, 7) is 0. The molecule has 1 aliphatic carbocycles. The summed E-state index contributed by atoms with van der Waals surface area (Å²) in [6, 6.07) is 3.96. The summed E-state index contributed by atoms with van der Waals surface area (Å²) in [5.41, 5.74) is 5.93. The first kappa shape index (κ1) is 14.0. The summed E-state index contributed by atoms with van der Waals surface area (Å²) in [7, 11) is -1.18. The van der Waals surface area contributed by atoms with Crippen molar-refractivity contribution in [2.45, 2.75) is 30.9 Å². The van der Waals surface area contributed by atoms with Gasteiger partial charge in [-0.15, -0.1) is 0 Å². The molecule has 19 heavy (non-hydrogen) atoms. The molecule has 0 radical (unpaired) electrons. The average Bonchev–Trinajstić information content (AvgIpc) is 2.87. The van der Waals surface area contributed by atoms with Crippen molar-refractivity contribution in [1.29, 1.82) is 0 Å². The molecule has 1 aliphatic rings. The molecule has 2 rings (SSSR count). The van der Waals surface area contributed by atoms with Crippen molar-refractivity contribution in [3.63, 3.8) is 0 Å². The van der Waals surface area contributed by atoms with Crippen LogP contribution in [-0.4, -0.2) is 21.1 Å². The number of benzene rings is 1. The van der Waals surface area contributed by atoms with Crippen LogP contribution in [0.25, 0.3) is 0 Å². The predicted molar refractivity (Wildman–Crippen MR) is 74.7 cm³/mol. The van der Waals surface area contributed by atoms with Gasteiger partial charge in [-0.1, -0.05) is 12.8 Å². The van der Waals surface area contributed by atoms with Crippen molar-refractivity contribution in [3.05, 3.63) is 24.0 Å². The normalized spacial score (nSPS) is 17.3. The fourth-order valence-electron chi connectivity index (χ4n) is 2.22. The summed E-state index contributed by atoms with van der Waals surface area (Å²) >= 11 is 0. The Hall–Kier alpha value is -1.43. The number of nitrogen functional groups attached to an aromatic ring is 1. The number of nitrogens with one attached hydrogen (secondary N) is 1. The summed E-state index contributed by atoms with van der Waals surface area (Å²) in [5.74, 6) is -1.07. The van der Waals surface area contributed by atoms with Crippen molar-refractivity contribution in [3.8, 4) is 0 Å². The maximum atomic E-state index is 13.4. The van der Waals surface area contributed by atoms with E-state index in [1.54, 1.807) is 0 Å². The SMILES string of the molecule is Nc1ccc(F)c(NC(=O)CS(=O)C2CCCC2)c1. The van der Waals surface area contributed by atoms with Crippen LogP contribution in [0, 0.1) is 5.82 Å². The topological polar surface area (TPSA) is 72.2 Å². The number of carbonyl (C=O) groups excluding carboxylic acids is 1. The van der Waals surface area contributed by atoms with Crippen LogP contribution in [0.15, 0.2) is 18.2 Å². The van der Waals surface area contributed by atoms with Gasteiger partial charge in [-0.25, -0.2) is 4.39 Å². The molecule has 1 aromatic carbocycles. The summed E-state index contributed by atoms with van der Waals surface area (Å²) in [4.78, 5) is 11.7. The number of rotatable bonds is 4. The fourth-order valence-corrected chi connectivity index (χ4v) is 3.65. The third kappa shape index (κ3) is 3.76. The molecular weight excluding hydrogens is 267 g/mol. The number of anilines is 2. The van der Waals surface area contributed by atoms with Gasteiger partial charge >= 0.3 is 0 Å². The third-order valence-corrected chi connectivity index (χ3v) is 4.97. The molecule has 1 aromatic rings. The average molecular weight is 284 g/mol. The first-order valence-electron chi connectivity index (χ1n) is 6.28. The Kier molecular flexibility index (Phi) is 4.52. The molecule has 0 heterocycles. The zero-order chi connectivity index (χ0) is 13.8. The van der Waals surface area contributed by atoms with Gasteiger partial charge in [0.25, 0.3) is 0 Å². The third-order valence-electron chi connectivity index (χ3n) is 3.21. The lowest BCUT2D eigenvalue weighted by Gasteiger charge is -2.10. The van der Waals surface area contributed by atoms with Gasteiger partial charge in [0.2, 0.25) is 5.91 Å². The lowest BCUT2D eigenvalue weighted by molar-refractivity contribution is -0.113. The molecule has 4 nitrogen and oxygen atoms in total. The minimum absolute atomic E-state index is 0.0356. The number of amides is 1. The highest BCUT2D eigenvalue weighted by Gasteiger charge is 2.23. The van der Waals surface area contributed by atoms with Crippen LogP contribution in [-0.2, 0) is 15.6 Å². The first-order valence-corrected chi connectivity index (χ1v) is 7.66. The van der Waals surface area contributed by atoms with E-state index in [0.29, 0.717) is 5.69 Å². The van der Waals surface area contributed by atoms with Crippen LogP contribution in [0.1, 0.15) is 25.7 Å². The minimum atomic E-state index is -1.18. The molecule has 0 aromatic heterocycles. The van der Waals surface area contributed by atoms with Gasteiger partial charge in [0, 0.05) is 21.7 Å². The van der Waals surface area contributed by atoms with E-state index in [1.807, 2.05) is 0 Å². The van der Waals surface area contributed by atoms with Gasteiger partial charge in [-0.05, 0) is 31.0 Å². The van der Waals surface area contributed by atoms with Crippen molar-refractivity contribution in [2.75, 3.05) is 16.8 Å². The van der Waals surface area contributed by atoms with Crippen LogP contribution in [0.4, 0.5) is 15.8 Å². The highest BCUT2D eigenvalue weighted by atomic mass is 32.2. The molecule has 1 unspecified atom stereocenters. The van der Waals surface area contributed by atoms with Crippen molar-refractivity contribution in [1.82, 2.24) is 0 Å². The number of carbonyl (C=O) groups is 1. The van der Waals surface area contributed by atoms with Crippen molar-refractivity contribution < 1.29 is 13.4 Å². The largest absolute Gasteiger partial charge is 0.399 e. The second-order valence-corrected chi connectivity index (χ2v) is 6.44. The molecule has 1 amide bonds. The minimum Gasteiger partial charge on any atom is -0.399 e. The van der Waals surface area contributed by atoms with Crippen LogP contribution in [0.3, 0.4) is 0 Å². The standard InChI is InChI=1S/C13H17FN2O2S/c14-11-6-5-9(15)7-12(11)16-13(17)8-19(18)10-3-1-2-4-10/h5-7,10H,1-4,8,15H2,(H,16,17). The van der Waals surface area contributed by atoms with Gasteiger partial charge < -0.3 is 11.1 Å². The molecule has 0 spiro atoms. The fraction of sp³-hybridized carbons (Fsp3) is 0.462. The lowest BCUT2D eigenvalue weighted by atomic mass is 10.2. The van der Waals surface area contributed by atoms with E-state index >= 15 is 0 Å². The number of hydrogen-bond acceptors (Lipinski definition) is 3. The maximum Gasteiger partial charge on any atom is 0.237 e. The van der Waals surface area contributed by atoms with Gasteiger partial charge in [-0.2, -0.15) is 0 Å². The van der Waals surface area contributed by atoms with E-state index in [1.165, 1.54) is 18.2 Å². The highest BCUT2D eigenvalue weighted by Crippen LogP contribution is 2.23. The Morgan fingerprint density at radius 1 is 1.42 bits per heavy atom. The Balaban J connectivity index is 1.93. The van der Waals surface area contributed by atoms with E-state index < -0.39 is 22.5 Å². The number of halogens is 1. The molecule has 1 fully saturated rings. The van der Waals surface area contributed by atoms with E-state index in [0.717, 1.165) is 25.7 Å². The Morgan fingerprint density at radius 2 is 2.11 bits per heavy atom. The van der Waals surface area contributed by atoms with Gasteiger partial charge in [0.05, 0.1) is 5.69 Å². The summed E-state index contributed by atoms with van der Waals surface area (Å²) in [6.07, 6.45) is 3.96. The Morgan fingerprint density at radius 3 is 2.79 bits per heavy atom. The smallest absolute Gasteiger partial charge is 0.237 e. The van der Waals surface area contributed by atoms with Gasteiger partial charge in [-0.3, -0.25) is 9.00 Å². The zero-order valence-electron chi connectivity index (χ0n) is 10.5. The molecule has 0 saturated heterocycles. The van der Waals surface area contributed by atoms with Gasteiger partial charge in [0.15, 0.2) is 0 Å². The van der Waals surface area contributed by atoms with Crippen LogP contribution >= 0.6 is 0 Å². The van der Waals surface area contributed by atoms with E-state index in [4.69, 9.17) is 5.73 Å². The first-order chi connectivity index (χ1) is 9.06. The van der Waals surface area contributed by atoms with E-state index in [-0.39, 0.29) is 16.7 Å². The van der Waals surface area contributed by atoms with E-state index in [9.17, 15) is 13.4 Å². The van der Waals surface area contributed by atoms with Crippen molar-refractivity contribution in [2.24, 2.45) is 0 Å². The molecule has 1 atom stereocenters.